The number of benzene rings is 1. The van der Waals surface area contributed by atoms with Crippen molar-refractivity contribution in [2.45, 2.75) is 6.43 Å². The van der Waals surface area contributed by atoms with Gasteiger partial charge in [0.1, 0.15) is 0 Å². The monoisotopic (exact) mass is 254 g/mol. The van der Waals surface area contributed by atoms with Crippen LogP contribution < -0.4 is 16.2 Å². The molecule has 5 nitrogen and oxygen atoms in total. The number of nitrogens with two attached hydrogens (primary N) is 1. The van der Waals surface area contributed by atoms with E-state index in [9.17, 15) is 13.6 Å². The minimum absolute atomic E-state index is 0.109. The first-order valence-corrected chi connectivity index (χ1v) is 5.26. The number of aromatic nitrogens is 2. The average Bonchev–Trinajstić information content (AvgIpc) is 2.29. The maximum atomic E-state index is 12.3. The lowest BCUT2D eigenvalue weighted by atomic mass is 10.2. The van der Waals surface area contributed by atoms with Crippen LogP contribution in [0.15, 0.2) is 23.0 Å². The van der Waals surface area contributed by atoms with Crippen molar-refractivity contribution in [1.29, 1.82) is 0 Å². The highest BCUT2D eigenvalue weighted by molar-refractivity contribution is 5.81. The van der Waals surface area contributed by atoms with Crippen LogP contribution >= 0.6 is 0 Å². The van der Waals surface area contributed by atoms with Crippen LogP contribution in [0.2, 0.25) is 0 Å². The second-order valence-corrected chi connectivity index (χ2v) is 3.94. The molecule has 96 valence electrons. The van der Waals surface area contributed by atoms with Crippen molar-refractivity contribution in [3.8, 4) is 0 Å². The number of rotatable bonds is 3. The Kier molecular flexibility index (Phi) is 3.14. The lowest BCUT2D eigenvalue weighted by Crippen LogP contribution is -2.28. The highest BCUT2D eigenvalue weighted by Gasteiger charge is 2.12. The molecule has 0 saturated carbocycles. The molecule has 2 rings (SSSR count). The number of alkyl halides is 2. The fourth-order valence-electron chi connectivity index (χ4n) is 1.62. The molecule has 0 atom stereocenters. The van der Waals surface area contributed by atoms with E-state index < -0.39 is 18.5 Å². The van der Waals surface area contributed by atoms with Gasteiger partial charge in [0.2, 0.25) is 5.95 Å². The molecule has 0 radical (unpaired) electrons. The Balaban J connectivity index is 2.49. The Morgan fingerprint density at radius 2 is 2.22 bits per heavy atom. The summed E-state index contributed by atoms with van der Waals surface area (Å²) < 4.78 is 24.5. The van der Waals surface area contributed by atoms with Gasteiger partial charge in [-0.2, -0.15) is 0 Å². The summed E-state index contributed by atoms with van der Waals surface area (Å²) in [6, 6.07) is 4.68. The molecule has 0 aliphatic heterocycles. The number of hydrogen-bond acceptors (Lipinski definition) is 4. The van der Waals surface area contributed by atoms with Crippen molar-refractivity contribution in [1.82, 2.24) is 9.97 Å². The van der Waals surface area contributed by atoms with Gasteiger partial charge in [-0.15, -0.1) is 0 Å². The summed E-state index contributed by atoms with van der Waals surface area (Å²) >= 11 is 0. The molecule has 3 N–H and O–H groups in total. The third kappa shape index (κ3) is 2.39. The maximum absolute atomic E-state index is 12.3. The zero-order chi connectivity index (χ0) is 13.3. The van der Waals surface area contributed by atoms with Crippen LogP contribution in [0.25, 0.3) is 10.9 Å². The second-order valence-electron chi connectivity index (χ2n) is 3.94. The summed E-state index contributed by atoms with van der Waals surface area (Å²) in [6.45, 7) is -0.497. The SMILES string of the molecule is CN(CC(F)F)c1nc2ccc(N)cc2c(=O)[nH]1. The topological polar surface area (TPSA) is 75.0 Å². The smallest absolute Gasteiger partial charge is 0.260 e. The highest BCUT2D eigenvalue weighted by atomic mass is 19.3. The molecule has 7 heteroatoms. The number of hydrogen-bond donors (Lipinski definition) is 2. The van der Waals surface area contributed by atoms with Crippen LogP contribution in [-0.4, -0.2) is 30.0 Å². The number of aromatic amines is 1. The van der Waals surface area contributed by atoms with Crippen molar-refractivity contribution in [3.63, 3.8) is 0 Å². The molecule has 0 aliphatic rings. The summed E-state index contributed by atoms with van der Waals surface area (Å²) in [5.74, 6) is 0.109. The van der Waals surface area contributed by atoms with Crippen molar-refractivity contribution >= 4 is 22.5 Å². The predicted molar refractivity (Wildman–Crippen MR) is 66.1 cm³/mol. The van der Waals surface area contributed by atoms with E-state index >= 15 is 0 Å². The summed E-state index contributed by atoms with van der Waals surface area (Å²) in [7, 11) is 1.44. The molecule has 1 aromatic heterocycles. The van der Waals surface area contributed by atoms with E-state index in [0.717, 1.165) is 0 Å². The molecular formula is C11H12F2N4O. The van der Waals surface area contributed by atoms with Crippen molar-refractivity contribution in [3.05, 3.63) is 28.6 Å². The Morgan fingerprint density at radius 1 is 1.50 bits per heavy atom. The van der Waals surface area contributed by atoms with Gasteiger partial charge < -0.3 is 10.6 Å². The van der Waals surface area contributed by atoms with Crippen molar-refractivity contribution in [2.24, 2.45) is 0 Å². The maximum Gasteiger partial charge on any atom is 0.260 e. The molecule has 2 aromatic rings. The first kappa shape index (κ1) is 12.3. The van der Waals surface area contributed by atoms with Gasteiger partial charge in [0.05, 0.1) is 17.4 Å². The molecule has 0 aliphatic carbocycles. The first-order chi connectivity index (χ1) is 8.47. The Morgan fingerprint density at radius 3 is 2.89 bits per heavy atom. The molecule has 18 heavy (non-hydrogen) atoms. The lowest BCUT2D eigenvalue weighted by Gasteiger charge is -2.17. The fourth-order valence-corrected chi connectivity index (χ4v) is 1.62. The van der Waals surface area contributed by atoms with Gasteiger partial charge in [0.15, 0.2) is 0 Å². The standard InChI is InChI=1S/C11H12F2N4O/c1-17(5-9(12)13)11-15-8-3-2-6(14)4-7(8)10(18)16-11/h2-4,9H,5,14H2,1H3,(H,15,16,18). The fraction of sp³-hybridized carbons (Fsp3) is 0.273. The average molecular weight is 254 g/mol. The molecule has 0 saturated heterocycles. The number of anilines is 2. The van der Waals surface area contributed by atoms with Crippen LogP contribution in [0.3, 0.4) is 0 Å². The largest absolute Gasteiger partial charge is 0.399 e. The number of H-pyrrole nitrogens is 1. The van der Waals surface area contributed by atoms with Crippen molar-refractivity contribution in [2.75, 3.05) is 24.2 Å². The first-order valence-electron chi connectivity index (χ1n) is 5.26. The normalized spacial score (nSPS) is 11.1. The quantitative estimate of drug-likeness (QED) is 0.807. The number of fused-ring (bicyclic) bond motifs is 1. The van der Waals surface area contributed by atoms with Gasteiger partial charge in [-0.25, -0.2) is 13.8 Å². The Labute approximate surface area is 101 Å². The summed E-state index contributed by atoms with van der Waals surface area (Å²) in [4.78, 5) is 19.5. The summed E-state index contributed by atoms with van der Waals surface area (Å²) in [5, 5.41) is 0.337. The second kappa shape index (κ2) is 4.59. The Hall–Kier alpha value is -2.18. The van der Waals surface area contributed by atoms with Gasteiger partial charge in [-0.3, -0.25) is 9.78 Å². The molecule has 1 heterocycles. The summed E-state index contributed by atoms with van der Waals surface area (Å²) in [6.07, 6.45) is -2.50. The molecule has 0 spiro atoms. The number of nitrogens with one attached hydrogen (secondary N) is 1. The lowest BCUT2D eigenvalue weighted by molar-refractivity contribution is 0.156. The van der Waals surface area contributed by atoms with Crippen LogP contribution in [0, 0.1) is 0 Å². The molecule has 1 aromatic carbocycles. The third-order valence-corrected chi connectivity index (χ3v) is 2.49. The van der Waals surface area contributed by atoms with Gasteiger partial charge in [-0.05, 0) is 18.2 Å². The highest BCUT2D eigenvalue weighted by Crippen LogP contribution is 2.14. The number of nitrogen functional groups attached to an aromatic ring is 1. The van der Waals surface area contributed by atoms with E-state index in [-0.39, 0.29) is 5.95 Å². The van der Waals surface area contributed by atoms with E-state index in [1.54, 1.807) is 12.1 Å². The third-order valence-electron chi connectivity index (χ3n) is 2.49. The zero-order valence-corrected chi connectivity index (χ0v) is 9.65. The van der Waals surface area contributed by atoms with E-state index in [4.69, 9.17) is 5.73 Å². The van der Waals surface area contributed by atoms with Gasteiger partial charge >= 0.3 is 0 Å². The minimum Gasteiger partial charge on any atom is -0.399 e. The Bertz CT molecular complexity index is 626. The van der Waals surface area contributed by atoms with Crippen LogP contribution in [-0.2, 0) is 0 Å². The van der Waals surface area contributed by atoms with Crippen LogP contribution in [0.1, 0.15) is 0 Å². The van der Waals surface area contributed by atoms with E-state index in [2.05, 4.69) is 9.97 Å². The predicted octanol–water partition coefficient (Wildman–Crippen LogP) is 1.21. The van der Waals surface area contributed by atoms with Gasteiger partial charge in [0.25, 0.3) is 12.0 Å². The van der Waals surface area contributed by atoms with Crippen LogP contribution in [0.4, 0.5) is 20.4 Å². The van der Waals surface area contributed by atoms with E-state index in [1.165, 1.54) is 18.0 Å². The molecular weight excluding hydrogens is 242 g/mol. The van der Waals surface area contributed by atoms with Crippen molar-refractivity contribution < 1.29 is 8.78 Å². The van der Waals surface area contributed by atoms with E-state index in [0.29, 0.717) is 16.6 Å². The molecule has 0 amide bonds. The zero-order valence-electron chi connectivity index (χ0n) is 9.65. The van der Waals surface area contributed by atoms with Gasteiger partial charge in [0, 0.05) is 12.7 Å². The van der Waals surface area contributed by atoms with Crippen LogP contribution in [0.5, 0.6) is 0 Å². The minimum atomic E-state index is -2.50. The van der Waals surface area contributed by atoms with E-state index in [1.807, 2.05) is 0 Å². The molecule has 0 unspecified atom stereocenters. The molecule has 0 bridgehead atoms. The number of nitrogens with zero attached hydrogens (tertiary/aromatic N) is 2. The molecule has 0 fully saturated rings. The number of halogens is 2. The van der Waals surface area contributed by atoms with Gasteiger partial charge in [-0.1, -0.05) is 0 Å². The summed E-state index contributed by atoms with van der Waals surface area (Å²) in [5.41, 5.74) is 6.03.